The average molecular weight is 317 g/mol. The van der Waals surface area contributed by atoms with Gasteiger partial charge in [-0.25, -0.2) is 0 Å². The molecule has 0 amide bonds. The van der Waals surface area contributed by atoms with Crippen LogP contribution in [0.3, 0.4) is 0 Å². The highest BCUT2D eigenvalue weighted by atomic mass is 35.5. The van der Waals surface area contributed by atoms with Crippen LogP contribution in [-0.4, -0.2) is 9.55 Å². The Bertz CT molecular complexity index is 828. The van der Waals surface area contributed by atoms with Crippen LogP contribution in [0.25, 0.3) is 11.0 Å². The zero-order valence-electron chi connectivity index (χ0n) is 12.1. The van der Waals surface area contributed by atoms with Crippen molar-refractivity contribution in [2.24, 2.45) is 0 Å². The summed E-state index contributed by atoms with van der Waals surface area (Å²) >= 11 is 11.5. The Morgan fingerprint density at radius 3 is 2.52 bits per heavy atom. The van der Waals surface area contributed by atoms with Gasteiger partial charge in [-0.15, -0.1) is 0 Å². The van der Waals surface area contributed by atoms with Gasteiger partial charge < -0.3 is 9.55 Å². The molecule has 0 aliphatic carbocycles. The van der Waals surface area contributed by atoms with Crippen molar-refractivity contribution in [1.29, 1.82) is 0 Å². The minimum atomic E-state index is 0.552. The predicted octanol–water partition coefficient (Wildman–Crippen LogP) is 5.52. The van der Waals surface area contributed by atoms with Crippen molar-refractivity contribution in [2.45, 2.75) is 26.3 Å². The van der Waals surface area contributed by atoms with Gasteiger partial charge in [-0.2, -0.15) is 0 Å². The summed E-state index contributed by atoms with van der Waals surface area (Å²) < 4.78 is 2.82. The second-order valence-corrected chi connectivity index (χ2v) is 6.40. The van der Waals surface area contributed by atoms with E-state index in [4.69, 9.17) is 23.8 Å². The molecule has 0 saturated carbocycles. The molecule has 0 bridgehead atoms. The summed E-state index contributed by atoms with van der Waals surface area (Å²) in [6, 6.07) is 14.5. The number of fused-ring (bicyclic) bond motifs is 1. The highest BCUT2D eigenvalue weighted by Crippen LogP contribution is 2.21. The quantitative estimate of drug-likeness (QED) is 0.631. The maximum Gasteiger partial charge on any atom is 0.178 e. The van der Waals surface area contributed by atoms with Crippen LogP contribution in [0.15, 0.2) is 42.5 Å². The highest BCUT2D eigenvalue weighted by Gasteiger charge is 2.06. The number of rotatable bonds is 3. The molecule has 2 nitrogen and oxygen atoms in total. The molecule has 1 heterocycles. The molecule has 0 fully saturated rings. The van der Waals surface area contributed by atoms with Gasteiger partial charge in [0.1, 0.15) is 0 Å². The first kappa shape index (κ1) is 14.4. The fraction of sp³-hybridized carbons (Fsp3) is 0.235. The molecule has 0 aliphatic rings. The first-order valence-corrected chi connectivity index (χ1v) is 7.80. The number of H-pyrrole nitrogens is 1. The Hall–Kier alpha value is -1.58. The lowest BCUT2D eigenvalue weighted by atomic mass is 10.0. The molecule has 1 aromatic heterocycles. The molecule has 4 heteroatoms. The zero-order chi connectivity index (χ0) is 15.0. The van der Waals surface area contributed by atoms with Crippen molar-refractivity contribution in [2.75, 3.05) is 0 Å². The van der Waals surface area contributed by atoms with Crippen molar-refractivity contribution in [3.63, 3.8) is 0 Å². The molecular weight excluding hydrogens is 300 g/mol. The van der Waals surface area contributed by atoms with E-state index in [1.807, 2.05) is 18.2 Å². The number of imidazole rings is 1. The lowest BCUT2D eigenvalue weighted by Crippen LogP contribution is -2.00. The van der Waals surface area contributed by atoms with Crippen molar-refractivity contribution in [3.8, 4) is 0 Å². The van der Waals surface area contributed by atoms with Crippen LogP contribution in [0, 0.1) is 4.77 Å². The van der Waals surface area contributed by atoms with E-state index < -0.39 is 0 Å². The van der Waals surface area contributed by atoms with Crippen LogP contribution in [0.4, 0.5) is 0 Å². The number of aromatic nitrogens is 2. The normalized spacial score (nSPS) is 11.4. The summed E-state index contributed by atoms with van der Waals surface area (Å²) in [5.41, 5.74) is 4.66. The van der Waals surface area contributed by atoms with Gasteiger partial charge >= 0.3 is 0 Å². The Kier molecular flexibility index (Phi) is 3.87. The van der Waals surface area contributed by atoms with Gasteiger partial charge in [0.2, 0.25) is 0 Å². The monoisotopic (exact) mass is 316 g/mol. The summed E-state index contributed by atoms with van der Waals surface area (Å²) in [6.45, 7) is 5.17. The first-order valence-electron chi connectivity index (χ1n) is 7.01. The SMILES string of the molecule is CC(C)c1ccc(Cn2c(=S)[nH]c3cc(Cl)ccc32)cc1. The van der Waals surface area contributed by atoms with Crippen LogP contribution in [0.5, 0.6) is 0 Å². The van der Waals surface area contributed by atoms with Crippen LogP contribution < -0.4 is 0 Å². The minimum Gasteiger partial charge on any atom is -0.331 e. The maximum atomic E-state index is 6.02. The van der Waals surface area contributed by atoms with E-state index in [1.54, 1.807) is 0 Å². The van der Waals surface area contributed by atoms with Crippen molar-refractivity contribution in [3.05, 3.63) is 63.4 Å². The Labute approximate surface area is 134 Å². The van der Waals surface area contributed by atoms with Crippen LogP contribution in [0.2, 0.25) is 5.02 Å². The number of hydrogen-bond acceptors (Lipinski definition) is 1. The molecule has 3 aromatic rings. The molecule has 3 rings (SSSR count). The topological polar surface area (TPSA) is 20.7 Å². The third-order valence-electron chi connectivity index (χ3n) is 3.72. The summed E-state index contributed by atoms with van der Waals surface area (Å²) in [5, 5.41) is 0.715. The lowest BCUT2D eigenvalue weighted by Gasteiger charge is -2.08. The van der Waals surface area contributed by atoms with Crippen LogP contribution in [-0.2, 0) is 6.54 Å². The fourth-order valence-electron chi connectivity index (χ4n) is 2.48. The molecule has 1 N–H and O–H groups in total. The third-order valence-corrected chi connectivity index (χ3v) is 4.28. The van der Waals surface area contributed by atoms with Gasteiger partial charge in [0.15, 0.2) is 4.77 Å². The van der Waals surface area contributed by atoms with Gasteiger partial charge in [-0.05, 0) is 47.5 Å². The molecule has 0 atom stereocenters. The van der Waals surface area contributed by atoms with Gasteiger partial charge in [0.25, 0.3) is 0 Å². The number of benzene rings is 2. The number of nitrogens with zero attached hydrogens (tertiary/aromatic N) is 1. The van der Waals surface area contributed by atoms with E-state index in [0.717, 1.165) is 22.3 Å². The number of halogens is 1. The van der Waals surface area contributed by atoms with Gasteiger partial charge in [0, 0.05) is 5.02 Å². The smallest absolute Gasteiger partial charge is 0.178 e. The number of nitrogens with one attached hydrogen (secondary N) is 1. The van der Waals surface area contributed by atoms with Gasteiger partial charge in [-0.1, -0.05) is 49.7 Å². The van der Waals surface area contributed by atoms with E-state index in [-0.39, 0.29) is 0 Å². The Morgan fingerprint density at radius 1 is 1.14 bits per heavy atom. The summed E-state index contributed by atoms with van der Waals surface area (Å²) in [4.78, 5) is 3.21. The van der Waals surface area contributed by atoms with E-state index in [2.05, 4.69) is 47.7 Å². The largest absolute Gasteiger partial charge is 0.331 e. The highest BCUT2D eigenvalue weighted by molar-refractivity contribution is 7.71. The zero-order valence-corrected chi connectivity index (χ0v) is 13.6. The van der Waals surface area contributed by atoms with E-state index in [0.29, 0.717) is 10.9 Å². The molecule has 0 saturated heterocycles. The molecule has 0 aliphatic heterocycles. The number of aromatic amines is 1. The first-order chi connectivity index (χ1) is 10.0. The second-order valence-electron chi connectivity index (χ2n) is 5.57. The van der Waals surface area contributed by atoms with Crippen LogP contribution >= 0.6 is 23.8 Å². The maximum absolute atomic E-state index is 6.02. The van der Waals surface area contributed by atoms with Gasteiger partial charge in [-0.3, -0.25) is 0 Å². The van der Waals surface area contributed by atoms with Crippen molar-refractivity contribution in [1.82, 2.24) is 9.55 Å². The third kappa shape index (κ3) is 2.89. The lowest BCUT2D eigenvalue weighted by molar-refractivity contribution is 0.806. The molecule has 2 aromatic carbocycles. The molecule has 0 unspecified atom stereocenters. The van der Waals surface area contributed by atoms with E-state index in [9.17, 15) is 0 Å². The molecule has 0 spiro atoms. The molecule has 108 valence electrons. The van der Waals surface area contributed by atoms with Crippen LogP contribution in [0.1, 0.15) is 30.9 Å². The molecular formula is C17H17ClN2S. The average Bonchev–Trinajstić information content (AvgIpc) is 2.75. The minimum absolute atomic E-state index is 0.552. The molecule has 21 heavy (non-hydrogen) atoms. The summed E-state index contributed by atoms with van der Waals surface area (Å²) in [5.74, 6) is 0.552. The Morgan fingerprint density at radius 2 is 1.86 bits per heavy atom. The fourth-order valence-corrected chi connectivity index (χ4v) is 2.93. The second kappa shape index (κ2) is 5.66. The predicted molar refractivity (Wildman–Crippen MR) is 91.8 cm³/mol. The van der Waals surface area contributed by atoms with Crippen molar-refractivity contribution < 1.29 is 0 Å². The Balaban J connectivity index is 1.98. The summed E-state index contributed by atoms with van der Waals surface area (Å²) in [7, 11) is 0. The van der Waals surface area contributed by atoms with Gasteiger partial charge in [0.05, 0.1) is 17.6 Å². The standard InChI is InChI=1S/C17H17ClN2S/c1-11(2)13-5-3-12(4-6-13)10-20-16-8-7-14(18)9-15(16)19-17(20)21/h3-9,11H,10H2,1-2H3,(H,19,21). The van der Waals surface area contributed by atoms with E-state index in [1.165, 1.54) is 11.1 Å². The summed E-state index contributed by atoms with van der Waals surface area (Å²) in [6.07, 6.45) is 0. The van der Waals surface area contributed by atoms with Crippen molar-refractivity contribution >= 4 is 34.9 Å². The molecule has 0 radical (unpaired) electrons. The number of hydrogen-bond donors (Lipinski definition) is 1. The van der Waals surface area contributed by atoms with E-state index >= 15 is 0 Å².